The van der Waals surface area contributed by atoms with Gasteiger partial charge in [0.05, 0.1) is 13.2 Å². The maximum absolute atomic E-state index is 10.3. The first-order chi connectivity index (χ1) is 10.4. The summed E-state index contributed by atoms with van der Waals surface area (Å²) in [4.78, 5) is 2.28. The lowest BCUT2D eigenvalue weighted by molar-refractivity contribution is -0.0703. The van der Waals surface area contributed by atoms with Gasteiger partial charge in [-0.25, -0.2) is 0 Å². The Labute approximate surface area is 134 Å². The minimum Gasteiger partial charge on any atom is -0.491 e. The van der Waals surface area contributed by atoms with Gasteiger partial charge in [0.25, 0.3) is 0 Å². The van der Waals surface area contributed by atoms with Gasteiger partial charge in [-0.2, -0.15) is 0 Å². The molecule has 0 bridgehead atoms. The number of β-amino-alcohol motifs (C(OH)–C–C–N with tert-alkyl or cyclic N) is 1. The summed E-state index contributed by atoms with van der Waals surface area (Å²) < 4.78 is 11.4. The summed E-state index contributed by atoms with van der Waals surface area (Å²) in [5.41, 5.74) is 1.15. The van der Waals surface area contributed by atoms with Gasteiger partial charge in [0.2, 0.25) is 0 Å². The zero-order chi connectivity index (χ0) is 16.2. The molecule has 4 nitrogen and oxygen atoms in total. The van der Waals surface area contributed by atoms with E-state index in [1.54, 1.807) is 0 Å². The highest BCUT2D eigenvalue weighted by molar-refractivity contribution is 5.35. The van der Waals surface area contributed by atoms with Crippen molar-refractivity contribution in [1.82, 2.24) is 4.90 Å². The quantitative estimate of drug-likeness (QED) is 0.877. The normalized spacial score (nSPS) is 20.1. The molecule has 4 heteroatoms. The van der Waals surface area contributed by atoms with Crippen LogP contribution < -0.4 is 4.74 Å². The summed E-state index contributed by atoms with van der Waals surface area (Å²) in [5, 5.41) is 10.3. The predicted molar refractivity (Wildman–Crippen MR) is 88.5 cm³/mol. The van der Waals surface area contributed by atoms with E-state index in [1.165, 1.54) is 5.56 Å². The van der Waals surface area contributed by atoms with Crippen molar-refractivity contribution >= 4 is 0 Å². The second-order valence-electron chi connectivity index (χ2n) is 6.97. The molecule has 0 amide bonds. The largest absolute Gasteiger partial charge is 0.491 e. The monoisotopic (exact) mass is 307 g/mol. The van der Waals surface area contributed by atoms with E-state index in [1.807, 2.05) is 18.2 Å². The molecule has 1 aliphatic rings. The molecule has 1 unspecified atom stereocenters. The van der Waals surface area contributed by atoms with Crippen LogP contribution in [0.5, 0.6) is 5.75 Å². The summed E-state index contributed by atoms with van der Waals surface area (Å²) in [7, 11) is 0. The number of para-hydroxylation sites is 1. The molecule has 0 radical (unpaired) electrons. The molecule has 0 aromatic heterocycles. The highest BCUT2D eigenvalue weighted by Crippen LogP contribution is 2.26. The first kappa shape index (κ1) is 17.3. The molecule has 22 heavy (non-hydrogen) atoms. The van der Waals surface area contributed by atoms with E-state index < -0.39 is 6.10 Å². The first-order valence-corrected chi connectivity index (χ1v) is 8.13. The molecule has 1 aromatic rings. The Kier molecular flexibility index (Phi) is 5.84. The van der Waals surface area contributed by atoms with Gasteiger partial charge in [0.15, 0.2) is 0 Å². The fraction of sp³-hybridized carbons (Fsp3) is 0.667. The minimum atomic E-state index is -0.502. The molecule has 2 rings (SSSR count). The standard InChI is InChI=1S/C18H29NO3/c1-14(2)16-7-5-6-8-17(16)22-12-15(20)11-19-9-10-21-13-18(19,3)4/h5-8,14-15,20H,9-13H2,1-4H3. The van der Waals surface area contributed by atoms with E-state index in [0.717, 1.165) is 18.9 Å². The van der Waals surface area contributed by atoms with E-state index in [-0.39, 0.29) is 5.54 Å². The predicted octanol–water partition coefficient (Wildman–Crippen LogP) is 2.66. The second kappa shape index (κ2) is 7.44. The van der Waals surface area contributed by atoms with E-state index in [0.29, 0.717) is 25.7 Å². The molecular formula is C18H29NO3. The molecule has 0 spiro atoms. The minimum absolute atomic E-state index is 0.0327. The molecular weight excluding hydrogens is 278 g/mol. The molecule has 1 heterocycles. The number of ether oxygens (including phenoxy) is 2. The average Bonchev–Trinajstić information content (AvgIpc) is 2.47. The van der Waals surface area contributed by atoms with Crippen molar-refractivity contribution < 1.29 is 14.6 Å². The third-order valence-corrected chi connectivity index (χ3v) is 4.22. The van der Waals surface area contributed by atoms with Crippen LogP contribution in [0.2, 0.25) is 0 Å². The Morgan fingerprint density at radius 2 is 2.05 bits per heavy atom. The summed E-state index contributed by atoms with van der Waals surface area (Å²) in [6.45, 7) is 11.8. The summed E-state index contributed by atoms with van der Waals surface area (Å²) >= 11 is 0. The van der Waals surface area contributed by atoms with Crippen LogP contribution in [-0.4, -0.2) is 54.6 Å². The van der Waals surface area contributed by atoms with Crippen LogP contribution in [0.25, 0.3) is 0 Å². The van der Waals surface area contributed by atoms with Crippen molar-refractivity contribution in [2.24, 2.45) is 0 Å². The van der Waals surface area contributed by atoms with Crippen molar-refractivity contribution in [2.45, 2.75) is 45.3 Å². The Bertz CT molecular complexity index is 473. The number of rotatable bonds is 6. The van der Waals surface area contributed by atoms with Crippen LogP contribution in [0.3, 0.4) is 0 Å². The summed E-state index contributed by atoms with van der Waals surface area (Å²) in [5.74, 6) is 1.28. The van der Waals surface area contributed by atoms with Gasteiger partial charge in [-0.3, -0.25) is 4.90 Å². The molecule has 1 N–H and O–H groups in total. The average molecular weight is 307 g/mol. The number of benzene rings is 1. The lowest BCUT2D eigenvalue weighted by Crippen LogP contribution is -2.55. The number of nitrogens with zero attached hydrogens (tertiary/aromatic N) is 1. The van der Waals surface area contributed by atoms with Gasteiger partial charge >= 0.3 is 0 Å². The third-order valence-electron chi connectivity index (χ3n) is 4.22. The Balaban J connectivity index is 1.89. The summed E-state index contributed by atoms with van der Waals surface area (Å²) in [6, 6.07) is 8.05. The van der Waals surface area contributed by atoms with Gasteiger partial charge in [-0.05, 0) is 31.4 Å². The number of hydrogen-bond acceptors (Lipinski definition) is 4. The van der Waals surface area contributed by atoms with E-state index in [4.69, 9.17) is 9.47 Å². The highest BCUT2D eigenvalue weighted by atomic mass is 16.5. The Morgan fingerprint density at radius 3 is 2.73 bits per heavy atom. The molecule has 0 aliphatic carbocycles. The smallest absolute Gasteiger partial charge is 0.122 e. The highest BCUT2D eigenvalue weighted by Gasteiger charge is 2.31. The van der Waals surface area contributed by atoms with Crippen molar-refractivity contribution in [3.8, 4) is 5.75 Å². The SMILES string of the molecule is CC(C)c1ccccc1OCC(O)CN1CCOCC1(C)C. The van der Waals surface area contributed by atoms with Crippen LogP contribution in [-0.2, 0) is 4.74 Å². The van der Waals surface area contributed by atoms with E-state index in [9.17, 15) is 5.11 Å². The van der Waals surface area contributed by atoms with Crippen LogP contribution in [0, 0.1) is 0 Å². The van der Waals surface area contributed by atoms with Gasteiger partial charge in [-0.15, -0.1) is 0 Å². The molecule has 1 aliphatic heterocycles. The number of hydrogen-bond donors (Lipinski definition) is 1. The second-order valence-corrected chi connectivity index (χ2v) is 6.97. The molecule has 1 fully saturated rings. The van der Waals surface area contributed by atoms with E-state index >= 15 is 0 Å². The number of morpholine rings is 1. The zero-order valence-electron chi connectivity index (χ0n) is 14.2. The Hall–Kier alpha value is -1.10. The topological polar surface area (TPSA) is 41.9 Å². The first-order valence-electron chi connectivity index (χ1n) is 8.13. The number of aliphatic hydroxyl groups excluding tert-OH is 1. The lowest BCUT2D eigenvalue weighted by Gasteiger charge is -2.42. The summed E-state index contributed by atoms with van der Waals surface area (Å²) in [6.07, 6.45) is -0.502. The van der Waals surface area contributed by atoms with Crippen LogP contribution in [0.4, 0.5) is 0 Å². The van der Waals surface area contributed by atoms with Crippen LogP contribution in [0.15, 0.2) is 24.3 Å². The van der Waals surface area contributed by atoms with Crippen molar-refractivity contribution in [3.63, 3.8) is 0 Å². The van der Waals surface area contributed by atoms with Crippen LogP contribution in [0.1, 0.15) is 39.2 Å². The molecule has 1 atom stereocenters. The zero-order valence-corrected chi connectivity index (χ0v) is 14.2. The molecule has 124 valence electrons. The molecule has 1 aromatic carbocycles. The fourth-order valence-corrected chi connectivity index (χ4v) is 2.81. The third kappa shape index (κ3) is 4.45. The fourth-order valence-electron chi connectivity index (χ4n) is 2.81. The van der Waals surface area contributed by atoms with Crippen molar-refractivity contribution in [1.29, 1.82) is 0 Å². The molecule has 1 saturated heterocycles. The van der Waals surface area contributed by atoms with Gasteiger partial charge in [0.1, 0.15) is 18.5 Å². The van der Waals surface area contributed by atoms with Gasteiger partial charge in [0, 0.05) is 18.6 Å². The maximum atomic E-state index is 10.3. The van der Waals surface area contributed by atoms with E-state index in [2.05, 4.69) is 38.7 Å². The maximum Gasteiger partial charge on any atom is 0.122 e. The van der Waals surface area contributed by atoms with Gasteiger partial charge in [-0.1, -0.05) is 32.0 Å². The lowest BCUT2D eigenvalue weighted by atomic mass is 10.0. The van der Waals surface area contributed by atoms with Crippen molar-refractivity contribution in [2.75, 3.05) is 32.9 Å². The van der Waals surface area contributed by atoms with Crippen molar-refractivity contribution in [3.05, 3.63) is 29.8 Å². The van der Waals surface area contributed by atoms with Gasteiger partial charge < -0.3 is 14.6 Å². The Morgan fingerprint density at radius 1 is 1.32 bits per heavy atom. The molecule has 0 saturated carbocycles. The van der Waals surface area contributed by atoms with Crippen LogP contribution >= 0.6 is 0 Å². The number of aliphatic hydroxyl groups is 1.